The predicted molar refractivity (Wildman–Crippen MR) is 92.9 cm³/mol. The molecule has 22 heavy (non-hydrogen) atoms. The minimum atomic E-state index is -0.478. The highest BCUT2D eigenvalue weighted by Gasteiger charge is 2.08. The molecule has 0 fully saturated rings. The van der Waals surface area contributed by atoms with Crippen LogP contribution in [0.3, 0.4) is 0 Å². The van der Waals surface area contributed by atoms with Crippen LogP contribution in [-0.4, -0.2) is 6.29 Å². The summed E-state index contributed by atoms with van der Waals surface area (Å²) in [5.41, 5.74) is 2.10. The molecule has 0 atom stereocenters. The van der Waals surface area contributed by atoms with Gasteiger partial charge in [0.2, 0.25) is 0 Å². The zero-order valence-electron chi connectivity index (χ0n) is 12.7. The first kappa shape index (κ1) is 15.6. The lowest BCUT2D eigenvalue weighted by Crippen LogP contribution is -2.21. The topological polar surface area (TPSA) is 18.5 Å². The van der Waals surface area contributed by atoms with Crippen molar-refractivity contribution in [2.45, 2.75) is 13.2 Å². The molecule has 0 N–H and O–H groups in total. The smallest absolute Gasteiger partial charge is 0.260 e. The van der Waals surface area contributed by atoms with Gasteiger partial charge in [0.15, 0.2) is 0 Å². The van der Waals surface area contributed by atoms with Gasteiger partial charge in [0, 0.05) is 0 Å². The molecule has 2 aromatic carbocycles. The molecular formula is C20H20O2. The number of rotatable bonds is 7. The molecule has 0 amide bonds. The monoisotopic (exact) mass is 292 g/mol. The summed E-state index contributed by atoms with van der Waals surface area (Å²) in [6.07, 6.45) is 6.88. The van der Waals surface area contributed by atoms with E-state index in [1.807, 2.05) is 67.6 Å². The third-order valence-electron chi connectivity index (χ3n) is 3.09. The van der Waals surface area contributed by atoms with Gasteiger partial charge >= 0.3 is 0 Å². The maximum absolute atomic E-state index is 5.85. The Bertz CT molecular complexity index is 583. The Kier molecular flexibility index (Phi) is 5.61. The highest BCUT2D eigenvalue weighted by atomic mass is 16.7. The van der Waals surface area contributed by atoms with Crippen molar-refractivity contribution >= 4 is 12.2 Å². The van der Waals surface area contributed by atoms with E-state index in [1.165, 1.54) is 0 Å². The summed E-state index contributed by atoms with van der Waals surface area (Å²) in [6.45, 7) is 9.41. The van der Waals surface area contributed by atoms with Gasteiger partial charge in [-0.1, -0.05) is 55.7 Å². The van der Waals surface area contributed by atoms with Gasteiger partial charge in [0.1, 0.15) is 11.5 Å². The van der Waals surface area contributed by atoms with Gasteiger partial charge in [-0.15, -0.1) is 0 Å². The molecule has 0 unspecified atom stereocenters. The quantitative estimate of drug-likeness (QED) is 0.507. The lowest BCUT2D eigenvalue weighted by atomic mass is 10.2. The Labute approximate surface area is 132 Å². The second-order valence-electron chi connectivity index (χ2n) is 4.68. The van der Waals surface area contributed by atoms with E-state index >= 15 is 0 Å². The highest BCUT2D eigenvalue weighted by Crippen LogP contribution is 2.19. The van der Waals surface area contributed by atoms with E-state index in [4.69, 9.17) is 9.47 Å². The highest BCUT2D eigenvalue weighted by molar-refractivity contribution is 5.49. The van der Waals surface area contributed by atoms with Gasteiger partial charge in [-0.25, -0.2) is 0 Å². The van der Waals surface area contributed by atoms with Crippen LogP contribution in [0, 0.1) is 0 Å². The third kappa shape index (κ3) is 4.38. The van der Waals surface area contributed by atoms with Crippen molar-refractivity contribution in [3.63, 3.8) is 0 Å². The van der Waals surface area contributed by atoms with E-state index in [0.717, 1.165) is 22.6 Å². The standard InChI is InChI=1S/C20H20O2/c1-4-7-20(21-18-12-8-16(5-2)9-13-18)22-19-14-10-17(6-3)11-15-19/h4-15,20H,2-3H2,1H3/b7-4+. The summed E-state index contributed by atoms with van der Waals surface area (Å²) >= 11 is 0. The summed E-state index contributed by atoms with van der Waals surface area (Å²) in [6, 6.07) is 15.4. The van der Waals surface area contributed by atoms with Crippen molar-refractivity contribution in [3.8, 4) is 11.5 Å². The van der Waals surface area contributed by atoms with Crippen LogP contribution in [0.1, 0.15) is 18.1 Å². The Morgan fingerprint density at radius 3 is 1.50 bits per heavy atom. The molecule has 2 aromatic rings. The van der Waals surface area contributed by atoms with Crippen LogP contribution < -0.4 is 9.47 Å². The molecule has 0 saturated carbocycles. The van der Waals surface area contributed by atoms with Crippen LogP contribution in [0.5, 0.6) is 11.5 Å². The number of benzene rings is 2. The van der Waals surface area contributed by atoms with E-state index in [9.17, 15) is 0 Å². The van der Waals surface area contributed by atoms with Gasteiger partial charge in [-0.2, -0.15) is 0 Å². The van der Waals surface area contributed by atoms with Crippen molar-refractivity contribution < 1.29 is 9.47 Å². The van der Waals surface area contributed by atoms with Gasteiger partial charge in [0.25, 0.3) is 6.29 Å². The zero-order chi connectivity index (χ0) is 15.8. The van der Waals surface area contributed by atoms with E-state index in [2.05, 4.69) is 13.2 Å². The fraction of sp³-hybridized carbons (Fsp3) is 0.100. The second-order valence-corrected chi connectivity index (χ2v) is 4.68. The van der Waals surface area contributed by atoms with Gasteiger partial charge in [-0.3, -0.25) is 0 Å². The fourth-order valence-electron chi connectivity index (χ4n) is 1.89. The maximum Gasteiger partial charge on any atom is 0.260 e. The molecule has 0 heterocycles. The first-order chi connectivity index (χ1) is 10.7. The molecule has 2 rings (SSSR count). The first-order valence-corrected chi connectivity index (χ1v) is 7.16. The molecule has 0 spiro atoms. The molecular weight excluding hydrogens is 272 g/mol. The molecule has 0 radical (unpaired) electrons. The van der Waals surface area contributed by atoms with Crippen molar-refractivity contribution in [1.82, 2.24) is 0 Å². The van der Waals surface area contributed by atoms with Gasteiger partial charge in [0.05, 0.1) is 0 Å². The summed E-state index contributed by atoms with van der Waals surface area (Å²) < 4.78 is 11.7. The third-order valence-corrected chi connectivity index (χ3v) is 3.09. The minimum Gasteiger partial charge on any atom is -0.451 e. The Morgan fingerprint density at radius 2 is 1.18 bits per heavy atom. The fourth-order valence-corrected chi connectivity index (χ4v) is 1.89. The summed E-state index contributed by atoms with van der Waals surface area (Å²) in [5.74, 6) is 1.49. The van der Waals surface area contributed by atoms with Crippen molar-refractivity contribution in [2.24, 2.45) is 0 Å². The van der Waals surface area contributed by atoms with E-state index in [0.29, 0.717) is 0 Å². The molecule has 0 bridgehead atoms. The minimum absolute atomic E-state index is 0.478. The number of hydrogen-bond acceptors (Lipinski definition) is 2. The van der Waals surface area contributed by atoms with Crippen LogP contribution in [0.15, 0.2) is 73.8 Å². The van der Waals surface area contributed by atoms with Gasteiger partial charge in [-0.05, 0) is 48.4 Å². The van der Waals surface area contributed by atoms with Crippen LogP contribution in [0.2, 0.25) is 0 Å². The normalized spacial score (nSPS) is 10.6. The molecule has 0 aliphatic heterocycles. The van der Waals surface area contributed by atoms with Crippen molar-refractivity contribution in [2.75, 3.05) is 0 Å². The Balaban J connectivity index is 2.07. The molecule has 0 aliphatic carbocycles. The zero-order valence-corrected chi connectivity index (χ0v) is 12.7. The molecule has 0 saturated heterocycles. The maximum atomic E-state index is 5.85. The van der Waals surface area contributed by atoms with Gasteiger partial charge < -0.3 is 9.47 Å². The average Bonchev–Trinajstić information content (AvgIpc) is 2.56. The number of hydrogen-bond donors (Lipinski definition) is 0. The van der Waals surface area contributed by atoms with Crippen molar-refractivity contribution in [3.05, 3.63) is 85.0 Å². The second kappa shape index (κ2) is 7.89. The van der Waals surface area contributed by atoms with E-state index in [1.54, 1.807) is 12.2 Å². The number of allylic oxidation sites excluding steroid dienone is 1. The summed E-state index contributed by atoms with van der Waals surface area (Å²) in [5, 5.41) is 0. The lowest BCUT2D eigenvalue weighted by molar-refractivity contribution is 0.0471. The lowest BCUT2D eigenvalue weighted by Gasteiger charge is -2.17. The van der Waals surface area contributed by atoms with E-state index < -0.39 is 6.29 Å². The SMILES string of the molecule is C=Cc1ccc(OC(/C=C/C)Oc2ccc(C=C)cc2)cc1. The predicted octanol–water partition coefficient (Wildman–Crippen LogP) is 5.33. The van der Waals surface area contributed by atoms with Crippen molar-refractivity contribution in [1.29, 1.82) is 0 Å². The average molecular weight is 292 g/mol. The summed E-state index contributed by atoms with van der Waals surface area (Å²) in [4.78, 5) is 0. The van der Waals surface area contributed by atoms with E-state index in [-0.39, 0.29) is 0 Å². The molecule has 112 valence electrons. The Morgan fingerprint density at radius 1 is 0.773 bits per heavy atom. The Hall–Kier alpha value is -2.74. The van der Waals surface area contributed by atoms with Crippen LogP contribution in [0.4, 0.5) is 0 Å². The number of ether oxygens (including phenoxy) is 2. The molecule has 2 nitrogen and oxygen atoms in total. The van der Waals surface area contributed by atoms with Crippen LogP contribution >= 0.6 is 0 Å². The largest absolute Gasteiger partial charge is 0.451 e. The molecule has 2 heteroatoms. The molecule has 0 aromatic heterocycles. The van der Waals surface area contributed by atoms with Crippen LogP contribution in [0.25, 0.3) is 12.2 Å². The molecule has 0 aliphatic rings. The summed E-state index contributed by atoms with van der Waals surface area (Å²) in [7, 11) is 0. The van der Waals surface area contributed by atoms with Crippen LogP contribution in [-0.2, 0) is 0 Å². The first-order valence-electron chi connectivity index (χ1n) is 7.16.